The molecule has 0 aromatic heterocycles. The van der Waals surface area contributed by atoms with Crippen LogP contribution in [-0.2, 0) is 26.0 Å². The number of benzene rings is 2. The highest BCUT2D eigenvalue weighted by atomic mass is 32.2. The molecular formula is C27H34N2O4S. The Labute approximate surface area is 203 Å². The van der Waals surface area contributed by atoms with E-state index in [4.69, 9.17) is 4.74 Å². The van der Waals surface area contributed by atoms with Crippen LogP contribution in [-0.4, -0.2) is 62.9 Å². The highest BCUT2D eigenvalue weighted by molar-refractivity contribution is 7.89. The molecule has 6 nitrogen and oxygen atoms in total. The Bertz CT molecular complexity index is 1080. The maximum atomic E-state index is 12.7. The Morgan fingerprint density at radius 3 is 2.26 bits per heavy atom. The van der Waals surface area contributed by atoms with Gasteiger partial charge >= 0.3 is 0 Å². The molecule has 7 heteroatoms. The second-order valence-electron chi connectivity index (χ2n) is 9.21. The van der Waals surface area contributed by atoms with Gasteiger partial charge in [0.15, 0.2) is 0 Å². The van der Waals surface area contributed by atoms with Gasteiger partial charge in [-0.05, 0) is 67.9 Å². The van der Waals surface area contributed by atoms with Crippen LogP contribution in [0.3, 0.4) is 0 Å². The highest BCUT2D eigenvalue weighted by Crippen LogP contribution is 2.23. The van der Waals surface area contributed by atoms with Crippen LogP contribution < -0.4 is 0 Å². The Balaban J connectivity index is 1.25. The topological polar surface area (TPSA) is 66.9 Å². The zero-order valence-electron chi connectivity index (χ0n) is 19.9. The zero-order chi connectivity index (χ0) is 24.0. The molecule has 0 radical (unpaired) electrons. The Morgan fingerprint density at radius 2 is 1.62 bits per heavy atom. The van der Waals surface area contributed by atoms with Gasteiger partial charge in [-0.25, -0.2) is 8.42 Å². The monoisotopic (exact) mass is 482 g/mol. The number of hydrogen-bond acceptors (Lipinski definition) is 4. The Morgan fingerprint density at radius 1 is 0.971 bits per heavy atom. The molecule has 34 heavy (non-hydrogen) atoms. The number of likely N-dealkylation sites (tertiary alicyclic amines) is 1. The van der Waals surface area contributed by atoms with E-state index in [-0.39, 0.29) is 10.8 Å². The normalized spacial score (nSPS) is 18.4. The van der Waals surface area contributed by atoms with E-state index >= 15 is 0 Å². The lowest BCUT2D eigenvalue weighted by Gasteiger charge is -2.31. The molecule has 4 rings (SSSR count). The van der Waals surface area contributed by atoms with Gasteiger partial charge in [-0.15, -0.1) is 0 Å². The average molecular weight is 483 g/mol. The largest absolute Gasteiger partial charge is 0.379 e. The first-order valence-electron chi connectivity index (χ1n) is 12.1. The molecule has 1 amide bonds. The van der Waals surface area contributed by atoms with E-state index in [0.29, 0.717) is 32.2 Å². The van der Waals surface area contributed by atoms with Crippen LogP contribution in [0.2, 0.25) is 0 Å². The number of ether oxygens (including phenoxy) is 1. The number of carbonyl (C=O) groups is 1. The van der Waals surface area contributed by atoms with Gasteiger partial charge in [0.2, 0.25) is 15.9 Å². The number of morpholine rings is 1. The molecule has 2 aliphatic rings. The summed E-state index contributed by atoms with van der Waals surface area (Å²) in [4.78, 5) is 14.8. The van der Waals surface area contributed by atoms with Gasteiger partial charge < -0.3 is 9.64 Å². The van der Waals surface area contributed by atoms with Gasteiger partial charge in [0.25, 0.3) is 0 Å². The second-order valence-corrected chi connectivity index (χ2v) is 11.1. The molecule has 0 N–H and O–H groups in total. The number of carbonyl (C=O) groups excluding carboxylic acids is 1. The van der Waals surface area contributed by atoms with Crippen LogP contribution >= 0.6 is 0 Å². The maximum Gasteiger partial charge on any atom is 0.246 e. The summed E-state index contributed by atoms with van der Waals surface area (Å²) in [7, 11) is -3.50. The van der Waals surface area contributed by atoms with E-state index in [1.807, 2.05) is 4.90 Å². The number of nitrogens with zero attached hydrogens (tertiary/aromatic N) is 2. The summed E-state index contributed by atoms with van der Waals surface area (Å²) in [6, 6.07) is 15.5. The standard InChI is InChI=1S/C27H34N2O4S/c1-22-2-4-23(5-3-22)6-7-25-14-16-28(17-15-25)27(30)13-10-24-8-11-26(12-9-24)34(31,32)29-18-20-33-21-19-29/h2-5,8-13,25H,6-7,14-21H2,1H3/b13-10+. The van der Waals surface area contributed by atoms with Gasteiger partial charge in [0.1, 0.15) is 0 Å². The van der Waals surface area contributed by atoms with Crippen LogP contribution in [0, 0.1) is 12.8 Å². The van der Waals surface area contributed by atoms with Crippen LogP contribution in [0.1, 0.15) is 36.0 Å². The lowest BCUT2D eigenvalue weighted by atomic mass is 9.90. The Kier molecular flexibility index (Phi) is 8.19. The fraction of sp³-hybridized carbons (Fsp3) is 0.444. The molecule has 2 heterocycles. The number of piperidine rings is 1. The first kappa shape index (κ1) is 24.6. The summed E-state index contributed by atoms with van der Waals surface area (Å²) < 4.78 is 32.2. The second kappa shape index (κ2) is 11.3. The van der Waals surface area contributed by atoms with Crippen LogP contribution in [0.5, 0.6) is 0 Å². The molecule has 0 unspecified atom stereocenters. The van der Waals surface area contributed by atoms with Gasteiger partial charge in [0, 0.05) is 32.3 Å². The fourth-order valence-corrected chi connectivity index (χ4v) is 5.94. The number of hydrogen-bond donors (Lipinski definition) is 0. The van der Waals surface area contributed by atoms with Gasteiger partial charge in [-0.3, -0.25) is 4.79 Å². The summed E-state index contributed by atoms with van der Waals surface area (Å²) in [6.45, 7) is 5.29. The zero-order valence-corrected chi connectivity index (χ0v) is 20.7. The minimum atomic E-state index is -3.50. The van der Waals surface area contributed by atoms with Crippen molar-refractivity contribution < 1.29 is 17.9 Å². The van der Waals surface area contributed by atoms with E-state index in [0.717, 1.165) is 37.9 Å². The van der Waals surface area contributed by atoms with Crippen molar-refractivity contribution in [1.29, 1.82) is 0 Å². The molecule has 0 atom stereocenters. The van der Waals surface area contributed by atoms with Crippen molar-refractivity contribution in [3.8, 4) is 0 Å². The molecule has 182 valence electrons. The van der Waals surface area contributed by atoms with Crippen molar-refractivity contribution in [2.24, 2.45) is 5.92 Å². The molecule has 0 spiro atoms. The van der Waals surface area contributed by atoms with Crippen molar-refractivity contribution in [3.05, 3.63) is 71.3 Å². The summed E-state index contributed by atoms with van der Waals surface area (Å²) in [5, 5.41) is 0. The number of sulfonamides is 1. The Hall–Kier alpha value is -2.48. The molecule has 2 saturated heterocycles. The van der Waals surface area contributed by atoms with E-state index in [1.54, 1.807) is 36.4 Å². The predicted octanol–water partition coefficient (Wildman–Crippen LogP) is 3.90. The summed E-state index contributed by atoms with van der Waals surface area (Å²) >= 11 is 0. The van der Waals surface area contributed by atoms with E-state index in [2.05, 4.69) is 31.2 Å². The van der Waals surface area contributed by atoms with Gasteiger partial charge in [-0.2, -0.15) is 4.31 Å². The lowest BCUT2D eigenvalue weighted by molar-refractivity contribution is -0.127. The molecule has 0 bridgehead atoms. The molecular weight excluding hydrogens is 448 g/mol. The summed E-state index contributed by atoms with van der Waals surface area (Å²) in [5.41, 5.74) is 3.48. The average Bonchev–Trinajstić information content (AvgIpc) is 2.88. The quantitative estimate of drug-likeness (QED) is 0.562. The summed E-state index contributed by atoms with van der Waals surface area (Å²) in [6.07, 6.45) is 7.70. The molecule has 2 aliphatic heterocycles. The van der Waals surface area contributed by atoms with Crippen molar-refractivity contribution in [1.82, 2.24) is 9.21 Å². The maximum absolute atomic E-state index is 12.7. The van der Waals surface area contributed by atoms with E-state index in [9.17, 15) is 13.2 Å². The molecule has 2 aromatic rings. The minimum Gasteiger partial charge on any atom is -0.379 e. The third-order valence-electron chi connectivity index (χ3n) is 6.79. The van der Waals surface area contributed by atoms with Crippen LogP contribution in [0.15, 0.2) is 59.5 Å². The third kappa shape index (κ3) is 6.34. The fourth-order valence-electron chi connectivity index (χ4n) is 4.53. The van der Waals surface area contributed by atoms with Crippen LogP contribution in [0.25, 0.3) is 6.08 Å². The molecule has 0 aliphatic carbocycles. The first-order valence-corrected chi connectivity index (χ1v) is 13.6. The van der Waals surface area contributed by atoms with Crippen molar-refractivity contribution in [2.45, 2.75) is 37.5 Å². The van der Waals surface area contributed by atoms with Crippen molar-refractivity contribution >= 4 is 22.0 Å². The SMILES string of the molecule is Cc1ccc(CCC2CCN(C(=O)/C=C/c3ccc(S(=O)(=O)N4CCOCC4)cc3)CC2)cc1. The minimum absolute atomic E-state index is 0.0157. The van der Waals surface area contributed by atoms with E-state index < -0.39 is 10.0 Å². The first-order chi connectivity index (χ1) is 16.4. The third-order valence-corrected chi connectivity index (χ3v) is 8.71. The molecule has 2 fully saturated rings. The van der Waals surface area contributed by atoms with E-state index in [1.165, 1.54) is 21.9 Å². The number of amides is 1. The summed E-state index contributed by atoms with van der Waals surface area (Å²) in [5.74, 6) is 0.678. The van der Waals surface area contributed by atoms with Crippen molar-refractivity contribution in [2.75, 3.05) is 39.4 Å². The molecule has 2 aromatic carbocycles. The molecule has 0 saturated carbocycles. The number of aryl methyl sites for hydroxylation is 2. The smallest absolute Gasteiger partial charge is 0.246 e. The lowest BCUT2D eigenvalue weighted by Crippen LogP contribution is -2.40. The predicted molar refractivity (Wildman–Crippen MR) is 134 cm³/mol. The van der Waals surface area contributed by atoms with Crippen molar-refractivity contribution in [3.63, 3.8) is 0 Å². The van der Waals surface area contributed by atoms with Gasteiger partial charge in [-0.1, -0.05) is 42.0 Å². The van der Waals surface area contributed by atoms with Gasteiger partial charge in [0.05, 0.1) is 18.1 Å². The number of rotatable bonds is 7. The highest BCUT2D eigenvalue weighted by Gasteiger charge is 2.26. The van der Waals surface area contributed by atoms with Crippen LogP contribution in [0.4, 0.5) is 0 Å².